The van der Waals surface area contributed by atoms with Gasteiger partial charge in [0.1, 0.15) is 11.5 Å². The number of aryl methyl sites for hydroxylation is 2. The molecule has 4 nitrogen and oxygen atoms in total. The van der Waals surface area contributed by atoms with E-state index in [0.29, 0.717) is 17.9 Å². The number of rotatable bonds is 8. The summed E-state index contributed by atoms with van der Waals surface area (Å²) in [6.07, 6.45) is 5.77. The van der Waals surface area contributed by atoms with Gasteiger partial charge >= 0.3 is 0 Å². The molecule has 1 aliphatic carbocycles. The third-order valence-corrected chi connectivity index (χ3v) is 5.48. The molecule has 1 N–H and O–H groups in total. The first-order chi connectivity index (χ1) is 13.6. The number of hydrogen-bond donors (Lipinski definition) is 1. The van der Waals surface area contributed by atoms with Crippen molar-refractivity contribution >= 4 is 5.91 Å². The predicted molar refractivity (Wildman–Crippen MR) is 112 cm³/mol. The van der Waals surface area contributed by atoms with E-state index in [-0.39, 0.29) is 11.9 Å². The molecule has 0 aliphatic heterocycles. The number of carbonyl (C=O) groups excluding carboxylic acids is 1. The first-order valence-electron chi connectivity index (χ1n) is 10.4. The van der Waals surface area contributed by atoms with Gasteiger partial charge < -0.3 is 14.8 Å². The molecule has 150 valence electrons. The van der Waals surface area contributed by atoms with Crippen LogP contribution in [0, 0.1) is 0 Å². The lowest BCUT2D eigenvalue weighted by atomic mass is 9.88. The van der Waals surface area contributed by atoms with E-state index in [1.807, 2.05) is 25.1 Å². The minimum Gasteiger partial charge on any atom is -0.497 e. The van der Waals surface area contributed by atoms with Crippen LogP contribution in [0.25, 0.3) is 0 Å². The van der Waals surface area contributed by atoms with Crippen LogP contribution in [-0.2, 0) is 17.6 Å². The molecule has 28 heavy (non-hydrogen) atoms. The van der Waals surface area contributed by atoms with E-state index in [9.17, 15) is 4.79 Å². The molecule has 1 amide bonds. The lowest BCUT2D eigenvalue weighted by molar-refractivity contribution is -0.129. The Kier molecular flexibility index (Phi) is 6.96. The highest BCUT2D eigenvalue weighted by Gasteiger charge is 2.23. The van der Waals surface area contributed by atoms with Crippen molar-refractivity contribution in [1.29, 1.82) is 0 Å². The number of ether oxygens (including phenoxy) is 2. The zero-order chi connectivity index (χ0) is 19.9. The van der Waals surface area contributed by atoms with Crippen molar-refractivity contribution in [3.63, 3.8) is 0 Å². The molecule has 0 saturated carbocycles. The lowest BCUT2D eigenvalue weighted by Crippen LogP contribution is -2.40. The SMILES string of the molecule is CC[C@H](Oc1cccc(OC)c1)C(=O)N[C@@H](CC)c1ccc2c(c1)CCCC2. The summed E-state index contributed by atoms with van der Waals surface area (Å²) in [4.78, 5) is 12.9. The van der Waals surface area contributed by atoms with Crippen LogP contribution in [0.2, 0.25) is 0 Å². The predicted octanol–water partition coefficient (Wildman–Crippen LogP) is 5.00. The molecule has 0 radical (unpaired) electrons. The molecule has 0 bridgehead atoms. The number of methoxy groups -OCH3 is 1. The van der Waals surface area contributed by atoms with E-state index in [1.165, 1.54) is 36.0 Å². The van der Waals surface area contributed by atoms with E-state index in [4.69, 9.17) is 9.47 Å². The zero-order valence-electron chi connectivity index (χ0n) is 17.2. The Hall–Kier alpha value is -2.49. The Morgan fingerprint density at radius 3 is 2.46 bits per heavy atom. The van der Waals surface area contributed by atoms with Crippen molar-refractivity contribution in [3.05, 3.63) is 59.2 Å². The van der Waals surface area contributed by atoms with E-state index in [1.54, 1.807) is 13.2 Å². The van der Waals surface area contributed by atoms with Crippen molar-refractivity contribution < 1.29 is 14.3 Å². The molecule has 0 spiro atoms. The highest BCUT2D eigenvalue weighted by Crippen LogP contribution is 2.26. The second kappa shape index (κ2) is 9.63. The van der Waals surface area contributed by atoms with Crippen molar-refractivity contribution in [2.45, 2.75) is 64.5 Å². The number of fused-ring (bicyclic) bond motifs is 1. The summed E-state index contributed by atoms with van der Waals surface area (Å²) in [5.74, 6) is 1.28. The summed E-state index contributed by atoms with van der Waals surface area (Å²) in [5.41, 5.74) is 4.09. The first-order valence-corrected chi connectivity index (χ1v) is 10.4. The quantitative estimate of drug-likeness (QED) is 0.700. The Bertz CT molecular complexity index is 802. The number of hydrogen-bond acceptors (Lipinski definition) is 3. The molecular weight excluding hydrogens is 350 g/mol. The molecule has 0 aromatic heterocycles. The van der Waals surface area contributed by atoms with Crippen molar-refractivity contribution in [2.24, 2.45) is 0 Å². The lowest BCUT2D eigenvalue weighted by Gasteiger charge is -2.24. The van der Waals surface area contributed by atoms with Crippen LogP contribution >= 0.6 is 0 Å². The molecule has 2 aromatic rings. The first kappa shape index (κ1) is 20.2. The minimum atomic E-state index is -0.529. The van der Waals surface area contributed by atoms with Gasteiger partial charge in [-0.2, -0.15) is 0 Å². The molecule has 3 rings (SSSR count). The van der Waals surface area contributed by atoms with E-state index >= 15 is 0 Å². The number of amides is 1. The van der Waals surface area contributed by atoms with Crippen molar-refractivity contribution in [3.8, 4) is 11.5 Å². The summed E-state index contributed by atoms with van der Waals surface area (Å²) in [5, 5.41) is 3.19. The molecule has 0 fully saturated rings. The average molecular weight is 382 g/mol. The topological polar surface area (TPSA) is 47.6 Å². The van der Waals surface area contributed by atoms with Gasteiger partial charge in [0.05, 0.1) is 13.2 Å². The zero-order valence-corrected chi connectivity index (χ0v) is 17.2. The van der Waals surface area contributed by atoms with Gasteiger partial charge in [-0.3, -0.25) is 4.79 Å². The summed E-state index contributed by atoms with van der Waals surface area (Å²) in [6, 6.07) is 14.1. The fourth-order valence-corrected chi connectivity index (χ4v) is 3.82. The largest absolute Gasteiger partial charge is 0.497 e. The number of nitrogens with one attached hydrogen (secondary N) is 1. The van der Waals surface area contributed by atoms with Gasteiger partial charge in [-0.15, -0.1) is 0 Å². The second-order valence-electron chi connectivity index (χ2n) is 7.40. The maximum atomic E-state index is 12.9. The Morgan fingerprint density at radius 2 is 1.75 bits per heavy atom. The Balaban J connectivity index is 1.69. The molecule has 4 heteroatoms. The maximum Gasteiger partial charge on any atom is 0.261 e. The van der Waals surface area contributed by atoms with E-state index in [0.717, 1.165) is 12.8 Å². The summed E-state index contributed by atoms with van der Waals surface area (Å²) in [6.45, 7) is 4.07. The second-order valence-corrected chi connectivity index (χ2v) is 7.40. The van der Waals surface area contributed by atoms with Crippen LogP contribution in [0.15, 0.2) is 42.5 Å². The Labute approximate surface area is 168 Å². The van der Waals surface area contributed by atoms with Gasteiger partial charge in [-0.05, 0) is 67.3 Å². The molecular formula is C24H31NO3. The van der Waals surface area contributed by atoms with Gasteiger partial charge in [-0.25, -0.2) is 0 Å². The number of carbonyl (C=O) groups is 1. The summed E-state index contributed by atoms with van der Waals surface area (Å²) < 4.78 is 11.2. The molecule has 0 unspecified atom stereocenters. The summed E-state index contributed by atoms with van der Waals surface area (Å²) >= 11 is 0. The highest BCUT2D eigenvalue weighted by atomic mass is 16.5. The molecule has 2 atom stereocenters. The van der Waals surface area contributed by atoms with Crippen molar-refractivity contribution in [1.82, 2.24) is 5.32 Å². The molecule has 2 aromatic carbocycles. The van der Waals surface area contributed by atoms with Gasteiger partial charge in [0.15, 0.2) is 6.10 Å². The average Bonchev–Trinajstić information content (AvgIpc) is 2.75. The number of benzene rings is 2. The third kappa shape index (κ3) is 4.86. The van der Waals surface area contributed by atoms with Crippen LogP contribution in [0.3, 0.4) is 0 Å². The fourth-order valence-electron chi connectivity index (χ4n) is 3.82. The standard InChI is InChI=1S/C24H31NO3/c1-4-22(19-14-13-17-9-6-7-10-18(17)15-19)25-24(26)23(5-2)28-21-12-8-11-20(16-21)27-3/h8,11-16,22-23H,4-7,9-10H2,1-3H3,(H,25,26)/t22-,23-/m0/s1. The maximum absolute atomic E-state index is 12.9. The van der Waals surface area contributed by atoms with E-state index < -0.39 is 6.10 Å². The van der Waals surface area contributed by atoms with Gasteiger partial charge in [0, 0.05) is 6.07 Å². The van der Waals surface area contributed by atoms with Gasteiger partial charge in [-0.1, -0.05) is 38.1 Å². The van der Waals surface area contributed by atoms with Crippen LogP contribution in [0.4, 0.5) is 0 Å². The smallest absolute Gasteiger partial charge is 0.261 e. The summed E-state index contributed by atoms with van der Waals surface area (Å²) in [7, 11) is 1.62. The fraction of sp³-hybridized carbons (Fsp3) is 0.458. The molecule has 0 saturated heterocycles. The molecule has 0 heterocycles. The third-order valence-electron chi connectivity index (χ3n) is 5.48. The monoisotopic (exact) mass is 381 g/mol. The van der Waals surface area contributed by atoms with E-state index in [2.05, 4.69) is 30.4 Å². The Morgan fingerprint density at radius 1 is 1.00 bits per heavy atom. The van der Waals surface area contributed by atoms with Crippen LogP contribution in [0.1, 0.15) is 62.3 Å². The van der Waals surface area contributed by atoms with Crippen LogP contribution in [-0.4, -0.2) is 19.1 Å². The normalized spacial score (nSPS) is 15.2. The van der Waals surface area contributed by atoms with Crippen molar-refractivity contribution in [2.75, 3.05) is 7.11 Å². The molecule has 1 aliphatic rings. The minimum absolute atomic E-state index is 0.00249. The van der Waals surface area contributed by atoms with Crippen LogP contribution in [0.5, 0.6) is 11.5 Å². The van der Waals surface area contributed by atoms with Crippen LogP contribution < -0.4 is 14.8 Å². The van der Waals surface area contributed by atoms with Gasteiger partial charge in [0.2, 0.25) is 0 Å². The van der Waals surface area contributed by atoms with Gasteiger partial charge in [0.25, 0.3) is 5.91 Å². The highest BCUT2D eigenvalue weighted by molar-refractivity contribution is 5.81.